The van der Waals surface area contributed by atoms with E-state index in [2.05, 4.69) is 16.5 Å². The van der Waals surface area contributed by atoms with Gasteiger partial charge in [0.15, 0.2) is 6.10 Å². The molecule has 0 aliphatic heterocycles. The van der Waals surface area contributed by atoms with Gasteiger partial charge in [0.25, 0.3) is 5.91 Å². The molecular weight excluding hydrogens is 404 g/mol. The highest BCUT2D eigenvalue weighted by atomic mass is 35.5. The lowest BCUT2D eigenvalue weighted by Crippen LogP contribution is -2.52. The Morgan fingerprint density at radius 2 is 1.87 bits per heavy atom. The minimum atomic E-state index is -1.00. The highest BCUT2D eigenvalue weighted by Gasteiger charge is 2.35. The van der Waals surface area contributed by atoms with E-state index < -0.39 is 23.5 Å². The van der Waals surface area contributed by atoms with E-state index in [9.17, 15) is 14.9 Å². The Morgan fingerprint density at radius 1 is 1.23 bits per heavy atom. The van der Waals surface area contributed by atoms with Crippen molar-refractivity contribution in [2.24, 2.45) is 0 Å². The van der Waals surface area contributed by atoms with Crippen molar-refractivity contribution in [1.82, 2.24) is 15.1 Å². The second-order valence-electron chi connectivity index (χ2n) is 7.73. The zero-order valence-corrected chi connectivity index (χ0v) is 18.1. The lowest BCUT2D eigenvalue weighted by molar-refractivity contribution is -0.130. The monoisotopic (exact) mass is 428 g/mol. The van der Waals surface area contributed by atoms with Gasteiger partial charge in [-0.25, -0.2) is 9.48 Å². The highest BCUT2D eigenvalue weighted by molar-refractivity contribution is 6.31. The molecule has 30 heavy (non-hydrogen) atoms. The first-order chi connectivity index (χ1) is 14.3. The summed E-state index contributed by atoms with van der Waals surface area (Å²) in [5, 5.41) is 17.3. The van der Waals surface area contributed by atoms with Crippen LogP contribution in [0.4, 0.5) is 0 Å². The van der Waals surface area contributed by atoms with Crippen molar-refractivity contribution in [2.45, 2.75) is 64.5 Å². The first-order valence-electron chi connectivity index (χ1n) is 10.0. The molecule has 0 spiro atoms. The zero-order chi connectivity index (χ0) is 21.9. The molecule has 7 nitrogen and oxygen atoms in total. The fraction of sp³-hybridized carbons (Fsp3) is 0.455. The number of aromatic nitrogens is 2. The number of ether oxygens (including phenoxy) is 1. The Hall–Kier alpha value is -2.85. The number of hydrogen-bond donors (Lipinski definition) is 1. The average Bonchev–Trinajstić information content (AvgIpc) is 3.01. The van der Waals surface area contributed by atoms with Gasteiger partial charge in [0.2, 0.25) is 0 Å². The number of aryl methyl sites for hydroxylation is 1. The van der Waals surface area contributed by atoms with Crippen LogP contribution in [0.3, 0.4) is 0 Å². The Morgan fingerprint density at radius 3 is 2.40 bits per heavy atom. The molecule has 1 aromatic carbocycles. The van der Waals surface area contributed by atoms with Crippen LogP contribution in [0.2, 0.25) is 5.02 Å². The van der Waals surface area contributed by atoms with E-state index in [1.165, 1.54) is 6.92 Å². The van der Waals surface area contributed by atoms with Crippen molar-refractivity contribution in [2.75, 3.05) is 0 Å². The van der Waals surface area contributed by atoms with Crippen LogP contribution < -0.4 is 5.32 Å². The number of carbonyl (C=O) groups excluding carboxylic acids is 2. The number of halogens is 1. The maximum atomic E-state index is 12.5. The fourth-order valence-corrected chi connectivity index (χ4v) is 3.77. The van der Waals surface area contributed by atoms with E-state index in [1.54, 1.807) is 28.9 Å². The van der Waals surface area contributed by atoms with E-state index in [0.29, 0.717) is 23.4 Å². The molecule has 1 heterocycles. The number of rotatable bonds is 5. The van der Waals surface area contributed by atoms with E-state index >= 15 is 0 Å². The molecule has 0 unspecified atom stereocenters. The van der Waals surface area contributed by atoms with Gasteiger partial charge in [0.1, 0.15) is 5.54 Å². The van der Waals surface area contributed by atoms with Gasteiger partial charge < -0.3 is 10.1 Å². The second-order valence-corrected chi connectivity index (χ2v) is 8.11. The predicted octanol–water partition coefficient (Wildman–Crippen LogP) is 4.03. The lowest BCUT2D eigenvalue weighted by atomic mass is 9.83. The Kier molecular flexibility index (Phi) is 6.47. The molecule has 3 rings (SSSR count). The molecule has 1 atom stereocenters. The summed E-state index contributed by atoms with van der Waals surface area (Å²) in [4.78, 5) is 25.0. The van der Waals surface area contributed by atoms with Crippen molar-refractivity contribution < 1.29 is 14.3 Å². The topological polar surface area (TPSA) is 97.0 Å². The van der Waals surface area contributed by atoms with E-state index in [4.69, 9.17) is 16.3 Å². The van der Waals surface area contributed by atoms with Crippen molar-refractivity contribution in [3.8, 4) is 11.8 Å². The molecule has 0 bridgehead atoms. The smallest absolute Gasteiger partial charge is 0.338 e. The minimum absolute atomic E-state index is 0.318. The van der Waals surface area contributed by atoms with Crippen molar-refractivity contribution >= 4 is 23.5 Å². The molecule has 2 aromatic rings. The number of nitrogens with zero attached hydrogens (tertiary/aromatic N) is 3. The van der Waals surface area contributed by atoms with Crippen LogP contribution in [0, 0.1) is 25.2 Å². The fourth-order valence-electron chi connectivity index (χ4n) is 3.65. The quantitative estimate of drug-likeness (QED) is 0.725. The molecule has 1 amide bonds. The zero-order valence-electron chi connectivity index (χ0n) is 17.4. The normalized spacial score (nSPS) is 16.4. The maximum absolute atomic E-state index is 12.5. The molecule has 1 saturated carbocycles. The summed E-state index contributed by atoms with van der Waals surface area (Å²) < 4.78 is 7.02. The van der Waals surface area contributed by atoms with Gasteiger partial charge in [-0.3, -0.25) is 4.79 Å². The second kappa shape index (κ2) is 8.88. The van der Waals surface area contributed by atoms with Gasteiger partial charge in [0.05, 0.1) is 33.7 Å². The molecule has 0 saturated heterocycles. The molecule has 1 N–H and O–H groups in total. The molecule has 1 aromatic heterocycles. The summed E-state index contributed by atoms with van der Waals surface area (Å²) in [5.74, 6) is -1.06. The van der Waals surface area contributed by atoms with Gasteiger partial charge in [-0.1, -0.05) is 30.9 Å². The first kappa shape index (κ1) is 21.8. The van der Waals surface area contributed by atoms with Gasteiger partial charge in [0, 0.05) is 0 Å². The third kappa shape index (κ3) is 4.49. The molecule has 0 radical (unpaired) electrons. The van der Waals surface area contributed by atoms with Gasteiger partial charge in [-0.2, -0.15) is 10.4 Å². The molecular formula is C22H25ClN4O3. The average molecular weight is 429 g/mol. The Bertz CT molecular complexity index is 985. The standard InChI is InChI=1S/C22H25ClN4O3/c1-14-19(23)15(2)27(26-14)18-9-7-17(8-10-18)21(29)30-16(3)20(28)25-22(13-24)11-5-4-6-12-22/h7-10,16H,4-6,11-12H2,1-3H3,(H,25,28)/t16-/m1/s1. The number of esters is 1. The predicted molar refractivity (Wildman–Crippen MR) is 112 cm³/mol. The number of nitriles is 1. The van der Waals surface area contributed by atoms with Gasteiger partial charge >= 0.3 is 5.97 Å². The summed E-state index contributed by atoms with van der Waals surface area (Å²) in [6.45, 7) is 5.20. The molecule has 1 fully saturated rings. The van der Waals surface area contributed by atoms with E-state index in [0.717, 1.165) is 36.3 Å². The maximum Gasteiger partial charge on any atom is 0.338 e. The highest BCUT2D eigenvalue weighted by Crippen LogP contribution is 2.28. The van der Waals surface area contributed by atoms with E-state index in [1.807, 2.05) is 13.8 Å². The summed E-state index contributed by atoms with van der Waals surface area (Å²) in [7, 11) is 0. The summed E-state index contributed by atoms with van der Waals surface area (Å²) in [6, 6.07) is 8.94. The van der Waals surface area contributed by atoms with Crippen molar-refractivity contribution in [3.63, 3.8) is 0 Å². The number of hydrogen-bond acceptors (Lipinski definition) is 5. The summed E-state index contributed by atoms with van der Waals surface area (Å²) in [6.07, 6.45) is 3.09. The number of benzene rings is 1. The Balaban J connectivity index is 1.64. The molecule has 1 aliphatic carbocycles. The van der Waals surface area contributed by atoms with Crippen LogP contribution in [0.5, 0.6) is 0 Å². The molecule has 8 heteroatoms. The first-order valence-corrected chi connectivity index (χ1v) is 10.4. The van der Waals surface area contributed by atoms with Crippen LogP contribution in [0.1, 0.15) is 60.8 Å². The van der Waals surface area contributed by atoms with Crippen LogP contribution in [-0.2, 0) is 9.53 Å². The van der Waals surface area contributed by atoms with Crippen LogP contribution >= 0.6 is 11.6 Å². The SMILES string of the molecule is Cc1nn(-c2ccc(C(=O)O[C@H](C)C(=O)NC3(C#N)CCCCC3)cc2)c(C)c1Cl. The summed E-state index contributed by atoms with van der Waals surface area (Å²) in [5.41, 5.74) is 1.75. The van der Waals surface area contributed by atoms with Crippen molar-refractivity contribution in [1.29, 1.82) is 5.26 Å². The van der Waals surface area contributed by atoms with Gasteiger partial charge in [-0.05, 0) is 57.9 Å². The van der Waals surface area contributed by atoms with Crippen LogP contribution in [0.15, 0.2) is 24.3 Å². The van der Waals surface area contributed by atoms with Gasteiger partial charge in [-0.15, -0.1) is 0 Å². The summed E-state index contributed by atoms with van der Waals surface area (Å²) >= 11 is 6.19. The molecule has 158 valence electrons. The number of carbonyl (C=O) groups is 2. The largest absolute Gasteiger partial charge is 0.449 e. The number of amides is 1. The Labute approximate surface area is 181 Å². The third-order valence-corrected chi connectivity index (χ3v) is 6.03. The van der Waals surface area contributed by atoms with E-state index in [-0.39, 0.29) is 0 Å². The van der Waals surface area contributed by atoms with Crippen LogP contribution in [0.25, 0.3) is 5.69 Å². The van der Waals surface area contributed by atoms with Crippen molar-refractivity contribution in [3.05, 3.63) is 46.2 Å². The molecule has 1 aliphatic rings. The van der Waals surface area contributed by atoms with Crippen LogP contribution in [-0.4, -0.2) is 33.3 Å². The number of nitrogens with one attached hydrogen (secondary N) is 1. The minimum Gasteiger partial charge on any atom is -0.449 e. The third-order valence-electron chi connectivity index (χ3n) is 5.49. The lowest BCUT2D eigenvalue weighted by Gasteiger charge is -2.32.